The van der Waals surface area contributed by atoms with Crippen molar-refractivity contribution in [3.63, 3.8) is 0 Å². The molecular weight excluding hydrogens is 435 g/mol. The van der Waals surface area contributed by atoms with Crippen LogP contribution in [0.3, 0.4) is 0 Å². The molecule has 1 heterocycles. The van der Waals surface area contributed by atoms with Crippen molar-refractivity contribution in [1.82, 2.24) is 20.4 Å². The van der Waals surface area contributed by atoms with Crippen LogP contribution in [0.2, 0.25) is 10.0 Å². The molecule has 0 spiro atoms. The lowest BCUT2D eigenvalue weighted by molar-refractivity contribution is -0.123. The van der Waals surface area contributed by atoms with Crippen LogP contribution in [0.5, 0.6) is 0 Å². The fraction of sp³-hybridized carbons (Fsp3) is 0.391. The van der Waals surface area contributed by atoms with Crippen LogP contribution < -0.4 is 10.6 Å². The molecule has 6 nitrogen and oxygen atoms in total. The molecule has 1 aliphatic rings. The summed E-state index contributed by atoms with van der Waals surface area (Å²) in [5.41, 5.74) is 1.96. The van der Waals surface area contributed by atoms with Crippen LogP contribution in [0.25, 0.3) is 0 Å². The van der Waals surface area contributed by atoms with Gasteiger partial charge in [0.05, 0.1) is 13.1 Å². The second-order valence-electron chi connectivity index (χ2n) is 7.72. The van der Waals surface area contributed by atoms with Crippen LogP contribution in [0.1, 0.15) is 17.5 Å². The summed E-state index contributed by atoms with van der Waals surface area (Å²) in [6.07, 6.45) is 0.920. The molecule has 31 heavy (non-hydrogen) atoms. The van der Waals surface area contributed by atoms with Crippen LogP contribution in [0, 0.1) is 0 Å². The summed E-state index contributed by atoms with van der Waals surface area (Å²) in [4.78, 5) is 28.9. The molecule has 166 valence electrons. The number of benzene rings is 2. The van der Waals surface area contributed by atoms with Gasteiger partial charge in [-0.15, -0.1) is 0 Å². The van der Waals surface area contributed by atoms with Crippen molar-refractivity contribution in [3.05, 3.63) is 69.7 Å². The lowest BCUT2D eigenvalue weighted by Gasteiger charge is -2.21. The van der Waals surface area contributed by atoms with E-state index in [4.69, 9.17) is 23.2 Å². The van der Waals surface area contributed by atoms with Gasteiger partial charge in [-0.1, -0.05) is 47.5 Å². The Kier molecular flexibility index (Phi) is 9.15. The number of hydrogen-bond donors (Lipinski definition) is 2. The lowest BCUT2D eigenvalue weighted by atomic mass is 10.2. The Morgan fingerprint density at radius 2 is 1.19 bits per heavy atom. The van der Waals surface area contributed by atoms with Gasteiger partial charge in [0.1, 0.15) is 0 Å². The number of amides is 2. The zero-order valence-electron chi connectivity index (χ0n) is 17.4. The van der Waals surface area contributed by atoms with E-state index in [1.807, 2.05) is 48.5 Å². The van der Waals surface area contributed by atoms with Gasteiger partial charge in [-0.25, -0.2) is 0 Å². The number of carbonyl (C=O) groups excluding carboxylic acids is 2. The minimum atomic E-state index is -0.00677. The molecule has 0 radical (unpaired) electrons. The first-order chi connectivity index (χ1) is 15.0. The summed E-state index contributed by atoms with van der Waals surface area (Å²) in [5.74, 6) is -0.0135. The van der Waals surface area contributed by atoms with Gasteiger partial charge < -0.3 is 10.6 Å². The van der Waals surface area contributed by atoms with Gasteiger partial charge in [0.15, 0.2) is 0 Å². The molecule has 0 unspecified atom stereocenters. The smallest absolute Gasteiger partial charge is 0.234 e. The van der Waals surface area contributed by atoms with E-state index in [0.717, 1.165) is 43.7 Å². The SMILES string of the molecule is O=C(CN1CCCN(CC(=O)NCc2cccc(Cl)c2)CC1)NCc1cccc(Cl)c1. The van der Waals surface area contributed by atoms with Gasteiger partial charge in [-0.3, -0.25) is 19.4 Å². The van der Waals surface area contributed by atoms with Crippen LogP contribution in [-0.2, 0) is 22.7 Å². The highest BCUT2D eigenvalue weighted by Gasteiger charge is 2.18. The van der Waals surface area contributed by atoms with Gasteiger partial charge in [0, 0.05) is 36.2 Å². The molecule has 1 fully saturated rings. The predicted octanol–water partition coefficient (Wildman–Crippen LogP) is 2.93. The number of nitrogens with zero attached hydrogens (tertiary/aromatic N) is 2. The highest BCUT2D eigenvalue weighted by atomic mass is 35.5. The van der Waals surface area contributed by atoms with Gasteiger partial charge in [0.25, 0.3) is 0 Å². The third-order valence-corrected chi connectivity index (χ3v) is 5.64. The summed E-state index contributed by atoms with van der Waals surface area (Å²) in [6, 6.07) is 14.9. The van der Waals surface area contributed by atoms with E-state index in [9.17, 15) is 9.59 Å². The summed E-state index contributed by atoms with van der Waals surface area (Å²) in [5, 5.41) is 7.22. The average Bonchev–Trinajstić information content (AvgIpc) is 2.96. The highest BCUT2D eigenvalue weighted by molar-refractivity contribution is 6.30. The topological polar surface area (TPSA) is 64.7 Å². The van der Waals surface area contributed by atoms with Gasteiger partial charge in [0.2, 0.25) is 11.8 Å². The first kappa shape index (κ1) is 23.5. The third-order valence-electron chi connectivity index (χ3n) is 5.17. The maximum absolute atomic E-state index is 12.3. The van der Waals surface area contributed by atoms with Gasteiger partial charge in [-0.05, 0) is 54.9 Å². The molecule has 2 amide bonds. The molecule has 2 aromatic rings. The average molecular weight is 463 g/mol. The monoisotopic (exact) mass is 462 g/mol. The van der Waals surface area contributed by atoms with Crippen molar-refractivity contribution < 1.29 is 9.59 Å². The van der Waals surface area contributed by atoms with E-state index in [0.29, 0.717) is 36.2 Å². The summed E-state index contributed by atoms with van der Waals surface area (Å²) < 4.78 is 0. The van der Waals surface area contributed by atoms with Crippen molar-refractivity contribution in [2.75, 3.05) is 39.3 Å². The zero-order valence-corrected chi connectivity index (χ0v) is 19.0. The Bertz CT molecular complexity index is 822. The Hall–Kier alpha value is -2.12. The van der Waals surface area contributed by atoms with Gasteiger partial charge in [-0.2, -0.15) is 0 Å². The predicted molar refractivity (Wildman–Crippen MR) is 124 cm³/mol. The number of hydrogen-bond acceptors (Lipinski definition) is 4. The fourth-order valence-electron chi connectivity index (χ4n) is 3.55. The summed E-state index contributed by atoms with van der Waals surface area (Å²) in [7, 11) is 0. The van der Waals surface area contributed by atoms with Crippen LogP contribution >= 0.6 is 23.2 Å². The second-order valence-corrected chi connectivity index (χ2v) is 8.59. The molecule has 2 N–H and O–H groups in total. The summed E-state index contributed by atoms with van der Waals surface area (Å²) >= 11 is 12.0. The van der Waals surface area contributed by atoms with E-state index < -0.39 is 0 Å². The zero-order chi connectivity index (χ0) is 22.1. The van der Waals surface area contributed by atoms with Crippen molar-refractivity contribution in [2.24, 2.45) is 0 Å². The second kappa shape index (κ2) is 12.1. The molecule has 0 aliphatic carbocycles. The Morgan fingerprint density at radius 1 is 0.742 bits per heavy atom. The molecule has 0 atom stereocenters. The summed E-state index contributed by atoms with van der Waals surface area (Å²) in [6.45, 7) is 4.83. The van der Waals surface area contributed by atoms with Crippen molar-refractivity contribution in [2.45, 2.75) is 19.5 Å². The van der Waals surface area contributed by atoms with Crippen LogP contribution in [0.15, 0.2) is 48.5 Å². The Labute approximate surface area is 193 Å². The maximum atomic E-state index is 12.3. The first-order valence-electron chi connectivity index (χ1n) is 10.4. The van der Waals surface area contributed by atoms with Crippen molar-refractivity contribution in [1.29, 1.82) is 0 Å². The minimum Gasteiger partial charge on any atom is -0.351 e. The lowest BCUT2D eigenvalue weighted by Crippen LogP contribution is -2.41. The van der Waals surface area contributed by atoms with E-state index in [2.05, 4.69) is 20.4 Å². The molecular formula is C23H28Cl2N4O2. The molecule has 3 rings (SSSR count). The molecule has 0 aromatic heterocycles. The quantitative estimate of drug-likeness (QED) is 0.632. The molecule has 1 aliphatic heterocycles. The highest BCUT2D eigenvalue weighted by Crippen LogP contribution is 2.11. The van der Waals surface area contributed by atoms with Gasteiger partial charge >= 0.3 is 0 Å². The first-order valence-corrected chi connectivity index (χ1v) is 11.2. The molecule has 1 saturated heterocycles. The number of halogens is 2. The molecule has 0 saturated carbocycles. The van der Waals surface area contributed by atoms with E-state index >= 15 is 0 Å². The standard InChI is InChI=1S/C23H28Cl2N4O2/c24-20-6-1-4-18(12-20)14-26-22(30)16-28-8-3-9-29(11-10-28)17-23(31)27-15-19-5-2-7-21(25)13-19/h1-2,4-7,12-13H,3,8-11,14-17H2,(H,26,30)(H,27,31). The van der Waals surface area contributed by atoms with E-state index in [1.165, 1.54) is 0 Å². The van der Waals surface area contributed by atoms with Crippen LogP contribution in [-0.4, -0.2) is 60.9 Å². The molecule has 8 heteroatoms. The molecule has 0 bridgehead atoms. The number of nitrogens with one attached hydrogen (secondary N) is 2. The van der Waals surface area contributed by atoms with E-state index in [-0.39, 0.29) is 11.8 Å². The Morgan fingerprint density at radius 3 is 1.61 bits per heavy atom. The third kappa shape index (κ3) is 8.50. The van der Waals surface area contributed by atoms with Crippen molar-refractivity contribution >= 4 is 35.0 Å². The maximum Gasteiger partial charge on any atom is 0.234 e. The normalized spacial score (nSPS) is 15.3. The van der Waals surface area contributed by atoms with Crippen LogP contribution in [0.4, 0.5) is 0 Å². The Balaban J connectivity index is 1.36. The van der Waals surface area contributed by atoms with E-state index in [1.54, 1.807) is 0 Å². The molecule has 2 aromatic carbocycles. The largest absolute Gasteiger partial charge is 0.351 e. The number of rotatable bonds is 8. The van der Waals surface area contributed by atoms with Crippen molar-refractivity contribution in [3.8, 4) is 0 Å². The fourth-order valence-corrected chi connectivity index (χ4v) is 3.98. The minimum absolute atomic E-state index is 0.00677. The number of carbonyl (C=O) groups is 2.